The molecule has 9 heteroatoms. The molecule has 1 atom stereocenters. The normalized spacial score (nSPS) is 14.5. The summed E-state index contributed by atoms with van der Waals surface area (Å²) in [5.74, 6) is 4.15. The molecule has 0 fully saturated rings. The lowest BCUT2D eigenvalue weighted by Crippen LogP contribution is -2.15. The number of aryl methyl sites for hydroxylation is 1. The summed E-state index contributed by atoms with van der Waals surface area (Å²) >= 11 is 0. The van der Waals surface area contributed by atoms with E-state index in [1.807, 2.05) is 32.0 Å². The summed E-state index contributed by atoms with van der Waals surface area (Å²) in [5.41, 5.74) is 6.66. The number of fused-ring (bicyclic) bond motifs is 1. The lowest BCUT2D eigenvalue weighted by molar-refractivity contribution is 0.171. The van der Waals surface area contributed by atoms with Gasteiger partial charge in [-0.2, -0.15) is 10.2 Å². The molecule has 1 aliphatic rings. The number of nitrogens with two attached hydrogens (primary N) is 1. The van der Waals surface area contributed by atoms with E-state index >= 15 is 0 Å². The van der Waals surface area contributed by atoms with Gasteiger partial charge in [-0.05, 0) is 26.0 Å². The summed E-state index contributed by atoms with van der Waals surface area (Å²) in [6.07, 6.45) is 0.467. The fourth-order valence-corrected chi connectivity index (χ4v) is 2.69. The predicted octanol–water partition coefficient (Wildman–Crippen LogP) is 1.08. The van der Waals surface area contributed by atoms with Gasteiger partial charge < -0.3 is 15.2 Å². The number of aromatic nitrogens is 6. The van der Waals surface area contributed by atoms with Crippen molar-refractivity contribution >= 4 is 0 Å². The summed E-state index contributed by atoms with van der Waals surface area (Å²) < 4.78 is 13.0. The van der Waals surface area contributed by atoms with Crippen molar-refractivity contribution in [3.05, 3.63) is 41.5 Å². The molecule has 1 aliphatic heterocycles. The number of hydrogen-bond donors (Lipinski definition) is 2. The molecule has 0 radical (unpaired) electrons. The summed E-state index contributed by atoms with van der Waals surface area (Å²) in [6.45, 7) is 4.80. The maximum Gasteiger partial charge on any atom is 0.167 e. The van der Waals surface area contributed by atoms with Crippen LogP contribution in [0.3, 0.4) is 0 Å². The summed E-state index contributed by atoms with van der Waals surface area (Å²) in [5, 5.41) is 11.5. The Morgan fingerprint density at radius 2 is 2.04 bits per heavy atom. The lowest BCUT2D eigenvalue weighted by atomic mass is 10.2. The maximum absolute atomic E-state index is 5.81. The van der Waals surface area contributed by atoms with Crippen LogP contribution in [0.2, 0.25) is 0 Å². The van der Waals surface area contributed by atoms with Gasteiger partial charge in [-0.15, -0.1) is 0 Å². The Labute approximate surface area is 144 Å². The van der Waals surface area contributed by atoms with E-state index in [0.717, 1.165) is 17.3 Å². The minimum atomic E-state index is -0.220. The molecule has 4 rings (SSSR count). The Bertz CT molecular complexity index is 900. The highest BCUT2D eigenvalue weighted by molar-refractivity contribution is 5.49. The van der Waals surface area contributed by atoms with Crippen molar-refractivity contribution in [3.63, 3.8) is 0 Å². The van der Waals surface area contributed by atoms with Crippen LogP contribution < -0.4 is 15.2 Å². The molecule has 1 aromatic carbocycles. The van der Waals surface area contributed by atoms with Gasteiger partial charge in [-0.25, -0.2) is 14.6 Å². The van der Waals surface area contributed by atoms with Gasteiger partial charge in [-0.3, -0.25) is 5.10 Å². The van der Waals surface area contributed by atoms with E-state index in [1.165, 1.54) is 0 Å². The highest BCUT2D eigenvalue weighted by Crippen LogP contribution is 2.32. The SMILES string of the molecule is Cc1nc(Cc2nc([C@H](C)N)n[nH]2)n(-c2ccc3c(c2)OCCO3)n1. The van der Waals surface area contributed by atoms with Crippen molar-refractivity contribution in [1.29, 1.82) is 0 Å². The molecule has 0 saturated carbocycles. The minimum absolute atomic E-state index is 0.220. The second-order valence-corrected chi connectivity index (χ2v) is 5.92. The van der Waals surface area contributed by atoms with Crippen molar-refractivity contribution < 1.29 is 9.47 Å². The first-order valence-corrected chi connectivity index (χ1v) is 8.09. The van der Waals surface area contributed by atoms with Gasteiger partial charge in [0, 0.05) is 6.07 Å². The van der Waals surface area contributed by atoms with Crippen LogP contribution in [-0.4, -0.2) is 43.2 Å². The topological polar surface area (TPSA) is 117 Å². The predicted molar refractivity (Wildman–Crippen MR) is 88.9 cm³/mol. The van der Waals surface area contributed by atoms with Gasteiger partial charge >= 0.3 is 0 Å². The molecular weight excluding hydrogens is 322 g/mol. The largest absolute Gasteiger partial charge is 0.486 e. The van der Waals surface area contributed by atoms with Gasteiger partial charge in [0.25, 0.3) is 0 Å². The average molecular weight is 341 g/mol. The monoisotopic (exact) mass is 341 g/mol. The number of aromatic amines is 1. The molecule has 0 amide bonds. The van der Waals surface area contributed by atoms with Crippen LogP contribution in [0.4, 0.5) is 0 Å². The summed E-state index contributed by atoms with van der Waals surface area (Å²) in [6, 6.07) is 5.49. The Morgan fingerprint density at radius 1 is 1.24 bits per heavy atom. The van der Waals surface area contributed by atoms with E-state index in [1.54, 1.807) is 4.68 Å². The molecule has 3 aromatic rings. The molecule has 0 bridgehead atoms. The van der Waals surface area contributed by atoms with E-state index in [-0.39, 0.29) is 6.04 Å². The van der Waals surface area contributed by atoms with Crippen molar-refractivity contribution in [2.24, 2.45) is 5.73 Å². The zero-order chi connectivity index (χ0) is 17.4. The fourth-order valence-electron chi connectivity index (χ4n) is 2.69. The van der Waals surface area contributed by atoms with Crippen LogP contribution in [0.15, 0.2) is 18.2 Å². The second kappa shape index (κ2) is 6.17. The van der Waals surface area contributed by atoms with E-state index in [4.69, 9.17) is 15.2 Å². The molecule has 0 aliphatic carbocycles. The Kier molecular flexibility index (Phi) is 3.85. The molecule has 0 saturated heterocycles. The molecule has 130 valence electrons. The highest BCUT2D eigenvalue weighted by atomic mass is 16.6. The van der Waals surface area contributed by atoms with E-state index < -0.39 is 0 Å². The zero-order valence-corrected chi connectivity index (χ0v) is 14.1. The second-order valence-electron chi connectivity index (χ2n) is 5.92. The first-order chi connectivity index (χ1) is 12.1. The number of hydrogen-bond acceptors (Lipinski definition) is 7. The quantitative estimate of drug-likeness (QED) is 0.729. The van der Waals surface area contributed by atoms with Crippen LogP contribution >= 0.6 is 0 Å². The fraction of sp³-hybridized carbons (Fsp3) is 0.375. The third kappa shape index (κ3) is 3.05. The number of nitrogens with zero attached hydrogens (tertiary/aromatic N) is 5. The molecule has 9 nitrogen and oxygen atoms in total. The Morgan fingerprint density at radius 3 is 2.80 bits per heavy atom. The van der Waals surface area contributed by atoms with Crippen molar-refractivity contribution in [2.45, 2.75) is 26.3 Å². The Hall–Kier alpha value is -2.94. The standard InChI is InChI=1S/C16H19N7O2/c1-9(17)16-19-14(20-21-16)8-15-18-10(2)22-23(15)11-3-4-12-13(7-11)25-6-5-24-12/h3-4,7,9H,5-6,8,17H2,1-2H3,(H,19,20,21)/t9-/m0/s1. The van der Waals surface area contributed by atoms with Crippen LogP contribution in [0, 0.1) is 6.92 Å². The van der Waals surface area contributed by atoms with Crippen molar-refractivity contribution in [3.8, 4) is 17.2 Å². The molecule has 3 heterocycles. The highest BCUT2D eigenvalue weighted by Gasteiger charge is 2.17. The van der Waals surface area contributed by atoms with Crippen molar-refractivity contribution in [1.82, 2.24) is 29.9 Å². The maximum atomic E-state index is 5.81. The summed E-state index contributed by atoms with van der Waals surface area (Å²) in [7, 11) is 0. The van der Waals surface area contributed by atoms with Gasteiger partial charge in [0.05, 0.1) is 18.2 Å². The first-order valence-electron chi connectivity index (χ1n) is 8.09. The molecule has 0 spiro atoms. The van der Waals surface area contributed by atoms with Crippen molar-refractivity contribution in [2.75, 3.05) is 13.2 Å². The van der Waals surface area contributed by atoms with E-state index in [2.05, 4.69) is 25.3 Å². The summed E-state index contributed by atoms with van der Waals surface area (Å²) in [4.78, 5) is 8.91. The number of benzene rings is 1. The molecule has 0 unspecified atom stereocenters. The third-order valence-corrected chi connectivity index (χ3v) is 3.83. The molecule has 3 N–H and O–H groups in total. The minimum Gasteiger partial charge on any atom is -0.486 e. The zero-order valence-electron chi connectivity index (χ0n) is 14.1. The third-order valence-electron chi connectivity index (χ3n) is 3.83. The van der Waals surface area contributed by atoms with E-state index in [0.29, 0.717) is 42.9 Å². The van der Waals surface area contributed by atoms with E-state index in [9.17, 15) is 0 Å². The van der Waals surface area contributed by atoms with Crippen LogP contribution in [-0.2, 0) is 6.42 Å². The number of ether oxygens (including phenoxy) is 2. The van der Waals surface area contributed by atoms with Gasteiger partial charge in [0.15, 0.2) is 17.3 Å². The van der Waals surface area contributed by atoms with Gasteiger partial charge in [0.1, 0.15) is 30.7 Å². The first kappa shape index (κ1) is 15.6. The lowest BCUT2D eigenvalue weighted by Gasteiger charge is -2.19. The van der Waals surface area contributed by atoms with Crippen LogP contribution in [0.1, 0.15) is 36.3 Å². The number of H-pyrrole nitrogens is 1. The Balaban J connectivity index is 1.66. The molecular formula is C16H19N7O2. The smallest absolute Gasteiger partial charge is 0.167 e. The van der Waals surface area contributed by atoms with Crippen LogP contribution in [0.5, 0.6) is 11.5 Å². The number of nitrogens with one attached hydrogen (secondary N) is 1. The van der Waals surface area contributed by atoms with Crippen LogP contribution in [0.25, 0.3) is 5.69 Å². The number of rotatable bonds is 4. The van der Waals surface area contributed by atoms with Gasteiger partial charge in [-0.1, -0.05) is 0 Å². The molecule has 25 heavy (non-hydrogen) atoms. The van der Waals surface area contributed by atoms with Gasteiger partial charge in [0.2, 0.25) is 0 Å². The molecule has 2 aromatic heterocycles. The average Bonchev–Trinajstić information content (AvgIpc) is 3.21.